The van der Waals surface area contributed by atoms with Crippen LogP contribution in [0.5, 0.6) is 0 Å². The van der Waals surface area contributed by atoms with Crippen LogP contribution in [0.3, 0.4) is 0 Å². The first-order valence-corrected chi connectivity index (χ1v) is 3.87. The summed E-state index contributed by atoms with van der Waals surface area (Å²) in [5.74, 6) is 0. The molecule has 0 fully saturated rings. The van der Waals surface area contributed by atoms with Crippen molar-refractivity contribution in [3.05, 3.63) is 16.1 Å². The van der Waals surface area contributed by atoms with Gasteiger partial charge in [0, 0.05) is 5.38 Å². The molecule has 0 amide bonds. The van der Waals surface area contributed by atoms with Gasteiger partial charge in [0.1, 0.15) is 0 Å². The first-order chi connectivity index (χ1) is 5.18. The summed E-state index contributed by atoms with van der Waals surface area (Å²) in [6, 6.07) is 0. The van der Waals surface area contributed by atoms with Gasteiger partial charge in [0.15, 0.2) is 0 Å². The highest BCUT2D eigenvalue weighted by atomic mass is 32.1. The monoisotopic (exact) mass is 179 g/mol. The first kappa shape index (κ1) is 8.55. The molecule has 0 radical (unpaired) electrons. The molecule has 1 rings (SSSR count). The number of aryl methyl sites for hydroxylation is 1. The van der Waals surface area contributed by atoms with Crippen molar-refractivity contribution >= 4 is 11.3 Å². The Kier molecular flexibility index (Phi) is 2.90. The van der Waals surface area contributed by atoms with Gasteiger partial charge in [-0.1, -0.05) is 0 Å². The lowest BCUT2D eigenvalue weighted by atomic mass is 10.5. The molecule has 0 aliphatic carbocycles. The molecule has 2 nitrogen and oxygen atoms in total. The summed E-state index contributed by atoms with van der Waals surface area (Å²) in [4.78, 5) is 3.94. The molecule has 0 aromatic carbocycles. The molecule has 1 heterocycles. The summed E-state index contributed by atoms with van der Waals surface area (Å²) in [6.07, 6.45) is 0. The molecule has 0 aliphatic heterocycles. The largest absolute Gasteiger partial charge is 0.345 e. The fourth-order valence-electron chi connectivity index (χ4n) is 0.623. The zero-order valence-electron chi connectivity index (χ0n) is 5.88. The molecule has 0 spiro atoms. The van der Waals surface area contributed by atoms with E-state index < -0.39 is 6.61 Å². The van der Waals surface area contributed by atoms with Crippen molar-refractivity contribution in [2.45, 2.75) is 20.1 Å². The molecule has 1 aromatic heterocycles. The van der Waals surface area contributed by atoms with Crippen LogP contribution in [-0.2, 0) is 11.3 Å². The van der Waals surface area contributed by atoms with Crippen molar-refractivity contribution in [3.8, 4) is 0 Å². The second-order valence-electron chi connectivity index (χ2n) is 1.93. The minimum atomic E-state index is -2.71. The molecule has 0 saturated carbocycles. The Morgan fingerprint density at radius 3 is 2.91 bits per heavy atom. The summed E-state index contributed by atoms with van der Waals surface area (Å²) in [5, 5.41) is 2.57. The third kappa shape index (κ3) is 2.90. The molecule has 0 saturated heterocycles. The van der Waals surface area contributed by atoms with Crippen LogP contribution in [-0.4, -0.2) is 11.6 Å². The first-order valence-electron chi connectivity index (χ1n) is 2.99. The van der Waals surface area contributed by atoms with Crippen molar-refractivity contribution in [1.82, 2.24) is 4.98 Å². The lowest BCUT2D eigenvalue weighted by Crippen LogP contribution is -1.99. The van der Waals surface area contributed by atoms with E-state index in [0.29, 0.717) is 5.69 Å². The highest BCUT2D eigenvalue weighted by Gasteiger charge is 2.03. The summed E-state index contributed by atoms with van der Waals surface area (Å²) in [5.41, 5.74) is 0.563. The van der Waals surface area contributed by atoms with E-state index in [0.717, 1.165) is 5.01 Å². The van der Waals surface area contributed by atoms with Gasteiger partial charge in [-0.25, -0.2) is 4.98 Å². The van der Waals surface area contributed by atoms with Crippen molar-refractivity contribution in [1.29, 1.82) is 0 Å². The van der Waals surface area contributed by atoms with Gasteiger partial charge in [-0.15, -0.1) is 11.3 Å². The molecule has 0 aliphatic rings. The van der Waals surface area contributed by atoms with E-state index in [9.17, 15) is 8.78 Å². The number of hydrogen-bond acceptors (Lipinski definition) is 3. The smallest absolute Gasteiger partial charge is 0.316 e. The number of halogens is 2. The molecule has 0 N–H and O–H groups in total. The fraction of sp³-hybridized carbons (Fsp3) is 0.500. The molecular weight excluding hydrogens is 172 g/mol. The average Bonchev–Trinajstić information content (AvgIpc) is 2.31. The van der Waals surface area contributed by atoms with Gasteiger partial charge in [0.05, 0.1) is 17.3 Å². The fourth-order valence-corrected chi connectivity index (χ4v) is 1.22. The van der Waals surface area contributed by atoms with Crippen LogP contribution in [0, 0.1) is 6.92 Å². The molecule has 62 valence electrons. The summed E-state index contributed by atoms with van der Waals surface area (Å²) >= 11 is 1.42. The second-order valence-corrected chi connectivity index (χ2v) is 2.99. The molecule has 0 unspecified atom stereocenters. The van der Waals surface area contributed by atoms with E-state index in [1.54, 1.807) is 5.38 Å². The molecule has 5 heteroatoms. The second kappa shape index (κ2) is 3.73. The molecular formula is C6H7F2NOS. The third-order valence-corrected chi connectivity index (χ3v) is 1.85. The van der Waals surface area contributed by atoms with Crippen LogP contribution in [0.2, 0.25) is 0 Å². The Morgan fingerprint density at radius 1 is 1.73 bits per heavy atom. The van der Waals surface area contributed by atoms with Crippen LogP contribution < -0.4 is 0 Å². The quantitative estimate of drug-likeness (QED) is 0.709. The SMILES string of the molecule is Cc1nc(COC(F)F)cs1. The van der Waals surface area contributed by atoms with Gasteiger partial charge in [0.2, 0.25) is 0 Å². The average molecular weight is 179 g/mol. The van der Waals surface area contributed by atoms with Crippen LogP contribution in [0.25, 0.3) is 0 Å². The van der Waals surface area contributed by atoms with E-state index in [-0.39, 0.29) is 6.61 Å². The van der Waals surface area contributed by atoms with E-state index in [1.807, 2.05) is 6.92 Å². The standard InChI is InChI=1S/C6H7F2NOS/c1-4-9-5(3-11-4)2-10-6(7)8/h3,6H,2H2,1H3. The highest BCUT2D eigenvalue weighted by molar-refractivity contribution is 7.09. The molecule has 1 aromatic rings. The molecule has 11 heavy (non-hydrogen) atoms. The maximum atomic E-state index is 11.5. The van der Waals surface area contributed by atoms with E-state index in [4.69, 9.17) is 0 Å². The summed E-state index contributed by atoms with van der Waals surface area (Å²) in [6.45, 7) is -1.00. The number of nitrogens with zero attached hydrogens (tertiary/aromatic N) is 1. The van der Waals surface area contributed by atoms with Crippen LogP contribution in [0.1, 0.15) is 10.7 Å². The summed E-state index contributed by atoms with van der Waals surface area (Å²) in [7, 11) is 0. The van der Waals surface area contributed by atoms with Crippen LogP contribution >= 0.6 is 11.3 Å². The van der Waals surface area contributed by atoms with Gasteiger partial charge < -0.3 is 4.74 Å². The molecule has 0 atom stereocenters. The Morgan fingerprint density at radius 2 is 2.45 bits per heavy atom. The zero-order valence-corrected chi connectivity index (χ0v) is 6.70. The van der Waals surface area contributed by atoms with Gasteiger partial charge in [-0.3, -0.25) is 0 Å². The minimum Gasteiger partial charge on any atom is -0.316 e. The third-order valence-electron chi connectivity index (χ3n) is 1.02. The Hall–Kier alpha value is -0.550. The Labute approximate surface area is 66.8 Å². The normalized spacial score (nSPS) is 10.9. The van der Waals surface area contributed by atoms with Gasteiger partial charge >= 0.3 is 6.61 Å². The number of aromatic nitrogens is 1. The van der Waals surface area contributed by atoms with Crippen LogP contribution in [0.15, 0.2) is 5.38 Å². The minimum absolute atomic E-state index is 0.109. The van der Waals surface area contributed by atoms with E-state index in [2.05, 4.69) is 9.72 Å². The number of hydrogen-bond donors (Lipinski definition) is 0. The van der Waals surface area contributed by atoms with E-state index >= 15 is 0 Å². The number of thiazole rings is 1. The predicted molar refractivity (Wildman–Crippen MR) is 37.6 cm³/mol. The Bertz CT molecular complexity index is 226. The maximum Gasteiger partial charge on any atom is 0.345 e. The lowest BCUT2D eigenvalue weighted by Gasteiger charge is -1.97. The molecule has 0 bridgehead atoms. The Balaban J connectivity index is 2.39. The van der Waals surface area contributed by atoms with Crippen molar-refractivity contribution in [2.24, 2.45) is 0 Å². The zero-order chi connectivity index (χ0) is 8.27. The van der Waals surface area contributed by atoms with Gasteiger partial charge in [-0.05, 0) is 6.92 Å². The van der Waals surface area contributed by atoms with Crippen molar-refractivity contribution in [2.75, 3.05) is 0 Å². The van der Waals surface area contributed by atoms with Crippen molar-refractivity contribution < 1.29 is 13.5 Å². The van der Waals surface area contributed by atoms with Gasteiger partial charge in [0.25, 0.3) is 0 Å². The highest BCUT2D eigenvalue weighted by Crippen LogP contribution is 2.10. The topological polar surface area (TPSA) is 22.1 Å². The lowest BCUT2D eigenvalue weighted by molar-refractivity contribution is -0.137. The van der Waals surface area contributed by atoms with Crippen molar-refractivity contribution in [3.63, 3.8) is 0 Å². The van der Waals surface area contributed by atoms with E-state index in [1.165, 1.54) is 11.3 Å². The number of alkyl halides is 2. The number of rotatable bonds is 3. The number of ether oxygens (including phenoxy) is 1. The predicted octanol–water partition coefficient (Wildman–Crippen LogP) is 2.19. The summed E-state index contributed by atoms with van der Waals surface area (Å²) < 4.78 is 27.0. The maximum absolute atomic E-state index is 11.5. The van der Waals surface area contributed by atoms with Crippen LogP contribution in [0.4, 0.5) is 8.78 Å². The van der Waals surface area contributed by atoms with Gasteiger partial charge in [-0.2, -0.15) is 8.78 Å².